The van der Waals surface area contributed by atoms with E-state index in [1.165, 1.54) is 5.56 Å². The molecule has 0 aliphatic rings. The Labute approximate surface area is 155 Å². The molecule has 5 heteroatoms. The second kappa shape index (κ2) is 10.3. The number of amides is 1. The predicted octanol–water partition coefficient (Wildman–Crippen LogP) is 3.61. The van der Waals surface area contributed by atoms with Crippen molar-refractivity contribution in [2.75, 3.05) is 20.3 Å². The first kappa shape index (κ1) is 19.6. The largest absolute Gasteiger partial charge is 0.497 e. The zero-order valence-electron chi connectivity index (χ0n) is 15.7. The molecule has 2 aromatic carbocycles. The number of aryl methyl sites for hydroxylation is 1. The van der Waals surface area contributed by atoms with Crippen LogP contribution in [0.1, 0.15) is 25.8 Å². The molecule has 0 saturated heterocycles. The molecule has 0 radical (unpaired) electrons. The van der Waals surface area contributed by atoms with E-state index in [0.717, 1.165) is 24.3 Å². The highest BCUT2D eigenvalue weighted by atomic mass is 16.5. The Morgan fingerprint density at radius 3 is 2.23 bits per heavy atom. The van der Waals surface area contributed by atoms with E-state index in [1.807, 2.05) is 19.1 Å². The molecule has 1 unspecified atom stereocenters. The zero-order chi connectivity index (χ0) is 18.8. The molecular formula is C21H27NO4. The quantitative estimate of drug-likeness (QED) is 0.660. The fourth-order valence-electron chi connectivity index (χ4n) is 2.48. The van der Waals surface area contributed by atoms with Gasteiger partial charge in [-0.3, -0.25) is 4.79 Å². The SMILES string of the molecule is CCOc1ccc(CCCNC(=O)C(C)Oc2ccc(OC)cc2)cc1. The molecule has 0 spiro atoms. The Kier molecular flexibility index (Phi) is 7.80. The monoisotopic (exact) mass is 357 g/mol. The maximum atomic E-state index is 12.1. The summed E-state index contributed by atoms with van der Waals surface area (Å²) in [5.74, 6) is 2.16. The molecule has 0 aliphatic carbocycles. The smallest absolute Gasteiger partial charge is 0.260 e. The third-order valence-corrected chi connectivity index (χ3v) is 3.92. The molecular weight excluding hydrogens is 330 g/mol. The van der Waals surface area contributed by atoms with E-state index in [1.54, 1.807) is 38.3 Å². The van der Waals surface area contributed by atoms with Gasteiger partial charge >= 0.3 is 0 Å². The van der Waals surface area contributed by atoms with Crippen LogP contribution in [-0.2, 0) is 11.2 Å². The molecule has 0 aromatic heterocycles. The number of hydrogen-bond acceptors (Lipinski definition) is 4. The van der Waals surface area contributed by atoms with Crippen LogP contribution in [0.3, 0.4) is 0 Å². The average molecular weight is 357 g/mol. The van der Waals surface area contributed by atoms with E-state index >= 15 is 0 Å². The summed E-state index contributed by atoms with van der Waals surface area (Å²) in [5, 5.41) is 2.91. The summed E-state index contributed by atoms with van der Waals surface area (Å²) in [5.41, 5.74) is 1.23. The molecule has 5 nitrogen and oxygen atoms in total. The van der Waals surface area contributed by atoms with Gasteiger partial charge in [0, 0.05) is 6.54 Å². The van der Waals surface area contributed by atoms with Crippen LogP contribution in [0.4, 0.5) is 0 Å². The number of hydrogen-bond donors (Lipinski definition) is 1. The maximum Gasteiger partial charge on any atom is 0.260 e. The number of nitrogens with one attached hydrogen (secondary N) is 1. The summed E-state index contributed by atoms with van der Waals surface area (Å²) in [4.78, 5) is 12.1. The van der Waals surface area contributed by atoms with Crippen molar-refractivity contribution in [3.05, 3.63) is 54.1 Å². The van der Waals surface area contributed by atoms with Crippen molar-refractivity contribution in [3.8, 4) is 17.2 Å². The van der Waals surface area contributed by atoms with Crippen molar-refractivity contribution in [2.24, 2.45) is 0 Å². The summed E-state index contributed by atoms with van der Waals surface area (Å²) in [6.07, 6.45) is 1.23. The third-order valence-electron chi connectivity index (χ3n) is 3.92. The van der Waals surface area contributed by atoms with Crippen LogP contribution in [0.5, 0.6) is 17.2 Å². The Hall–Kier alpha value is -2.69. The summed E-state index contributed by atoms with van der Waals surface area (Å²) in [6, 6.07) is 15.2. The third kappa shape index (κ3) is 6.31. The van der Waals surface area contributed by atoms with Gasteiger partial charge in [0.1, 0.15) is 17.2 Å². The lowest BCUT2D eigenvalue weighted by molar-refractivity contribution is -0.127. The first-order valence-corrected chi connectivity index (χ1v) is 8.92. The normalized spacial score (nSPS) is 11.5. The Balaban J connectivity index is 1.68. The van der Waals surface area contributed by atoms with Crippen LogP contribution in [0.15, 0.2) is 48.5 Å². The lowest BCUT2D eigenvalue weighted by Crippen LogP contribution is -2.36. The van der Waals surface area contributed by atoms with Crippen LogP contribution in [-0.4, -0.2) is 32.3 Å². The molecule has 0 aliphatic heterocycles. The number of carbonyl (C=O) groups is 1. The summed E-state index contributed by atoms with van der Waals surface area (Å²) in [7, 11) is 1.61. The highest BCUT2D eigenvalue weighted by molar-refractivity contribution is 5.80. The average Bonchev–Trinajstić information content (AvgIpc) is 2.67. The van der Waals surface area contributed by atoms with E-state index in [0.29, 0.717) is 18.9 Å². The molecule has 0 saturated carbocycles. The van der Waals surface area contributed by atoms with Crippen molar-refractivity contribution >= 4 is 5.91 Å². The predicted molar refractivity (Wildman–Crippen MR) is 102 cm³/mol. The molecule has 140 valence electrons. The van der Waals surface area contributed by atoms with Gasteiger partial charge in [0.05, 0.1) is 13.7 Å². The minimum atomic E-state index is -0.547. The van der Waals surface area contributed by atoms with Crippen molar-refractivity contribution in [1.29, 1.82) is 0 Å². The number of benzene rings is 2. The number of rotatable bonds is 10. The number of ether oxygens (including phenoxy) is 3. The van der Waals surface area contributed by atoms with Gasteiger partial charge in [0.25, 0.3) is 5.91 Å². The molecule has 26 heavy (non-hydrogen) atoms. The lowest BCUT2D eigenvalue weighted by Gasteiger charge is -2.15. The van der Waals surface area contributed by atoms with E-state index in [4.69, 9.17) is 14.2 Å². The van der Waals surface area contributed by atoms with Crippen molar-refractivity contribution < 1.29 is 19.0 Å². The van der Waals surface area contributed by atoms with Gasteiger partial charge in [-0.05, 0) is 68.7 Å². The fourth-order valence-corrected chi connectivity index (χ4v) is 2.48. The van der Waals surface area contributed by atoms with Gasteiger partial charge in [0.15, 0.2) is 6.10 Å². The van der Waals surface area contributed by atoms with Gasteiger partial charge < -0.3 is 19.5 Å². The first-order valence-electron chi connectivity index (χ1n) is 8.92. The van der Waals surface area contributed by atoms with Crippen LogP contribution in [0, 0.1) is 0 Å². The van der Waals surface area contributed by atoms with Crippen molar-refractivity contribution in [2.45, 2.75) is 32.8 Å². The van der Waals surface area contributed by atoms with E-state index < -0.39 is 6.10 Å². The second-order valence-electron chi connectivity index (χ2n) is 5.91. The molecule has 1 amide bonds. The maximum absolute atomic E-state index is 12.1. The van der Waals surface area contributed by atoms with Gasteiger partial charge in [-0.15, -0.1) is 0 Å². The summed E-state index contributed by atoms with van der Waals surface area (Å²) < 4.78 is 16.2. The van der Waals surface area contributed by atoms with Gasteiger partial charge in [-0.2, -0.15) is 0 Å². The number of methoxy groups -OCH3 is 1. The topological polar surface area (TPSA) is 56.8 Å². The molecule has 1 N–H and O–H groups in total. The molecule has 0 fully saturated rings. The number of carbonyl (C=O) groups excluding carboxylic acids is 1. The molecule has 1 atom stereocenters. The van der Waals surface area contributed by atoms with Crippen molar-refractivity contribution in [3.63, 3.8) is 0 Å². The molecule has 0 bridgehead atoms. The van der Waals surface area contributed by atoms with Crippen LogP contribution >= 0.6 is 0 Å². The van der Waals surface area contributed by atoms with Crippen LogP contribution in [0.25, 0.3) is 0 Å². The van der Waals surface area contributed by atoms with Gasteiger partial charge in [-0.1, -0.05) is 12.1 Å². The fraction of sp³-hybridized carbons (Fsp3) is 0.381. The highest BCUT2D eigenvalue weighted by Gasteiger charge is 2.13. The summed E-state index contributed by atoms with van der Waals surface area (Å²) in [6.45, 7) is 4.99. The lowest BCUT2D eigenvalue weighted by atomic mass is 10.1. The summed E-state index contributed by atoms with van der Waals surface area (Å²) >= 11 is 0. The minimum absolute atomic E-state index is 0.118. The van der Waals surface area contributed by atoms with Gasteiger partial charge in [0.2, 0.25) is 0 Å². The standard InChI is InChI=1S/C21H27NO4/c1-4-25-19-9-7-17(8-10-19)6-5-15-22-21(23)16(2)26-20-13-11-18(24-3)12-14-20/h7-14,16H,4-6,15H2,1-3H3,(H,22,23). The van der Waals surface area contributed by atoms with E-state index in [-0.39, 0.29) is 5.91 Å². The zero-order valence-corrected chi connectivity index (χ0v) is 15.7. The van der Waals surface area contributed by atoms with E-state index in [2.05, 4.69) is 17.4 Å². The van der Waals surface area contributed by atoms with Gasteiger partial charge in [-0.25, -0.2) is 0 Å². The first-order chi connectivity index (χ1) is 12.6. The highest BCUT2D eigenvalue weighted by Crippen LogP contribution is 2.18. The Morgan fingerprint density at radius 2 is 1.62 bits per heavy atom. The van der Waals surface area contributed by atoms with Crippen molar-refractivity contribution in [1.82, 2.24) is 5.32 Å². The van der Waals surface area contributed by atoms with Crippen LogP contribution < -0.4 is 19.5 Å². The molecule has 2 rings (SSSR count). The molecule has 0 heterocycles. The second-order valence-corrected chi connectivity index (χ2v) is 5.91. The minimum Gasteiger partial charge on any atom is -0.497 e. The Bertz CT molecular complexity index is 667. The van der Waals surface area contributed by atoms with E-state index in [9.17, 15) is 4.79 Å². The van der Waals surface area contributed by atoms with Crippen LogP contribution in [0.2, 0.25) is 0 Å². The molecule has 2 aromatic rings. The Morgan fingerprint density at radius 1 is 1.00 bits per heavy atom.